The highest BCUT2D eigenvalue weighted by Gasteiger charge is 2.48. The van der Waals surface area contributed by atoms with Crippen LogP contribution in [0.4, 0.5) is 0 Å². The highest BCUT2D eigenvalue weighted by atomic mass is 16.5. The molecule has 20 heavy (non-hydrogen) atoms. The van der Waals surface area contributed by atoms with Crippen LogP contribution in [0, 0.1) is 11.8 Å². The predicted octanol–water partition coefficient (Wildman–Crippen LogP) is 2.97. The van der Waals surface area contributed by atoms with E-state index in [-0.39, 0.29) is 30.1 Å². The first kappa shape index (κ1) is 13.7. The quantitative estimate of drug-likeness (QED) is 0.850. The Kier molecular flexibility index (Phi) is 3.36. The van der Waals surface area contributed by atoms with E-state index in [1.807, 2.05) is 17.2 Å². The van der Waals surface area contributed by atoms with Crippen LogP contribution in [0.25, 0.3) is 0 Å². The summed E-state index contributed by atoms with van der Waals surface area (Å²) in [7, 11) is 0. The Bertz CT molecular complexity index is 508. The molecule has 0 spiro atoms. The molecule has 0 saturated carbocycles. The van der Waals surface area contributed by atoms with E-state index in [1.165, 1.54) is 0 Å². The van der Waals surface area contributed by atoms with Gasteiger partial charge in [-0.1, -0.05) is 34.1 Å². The van der Waals surface area contributed by atoms with Gasteiger partial charge in [0.1, 0.15) is 6.04 Å². The summed E-state index contributed by atoms with van der Waals surface area (Å²) >= 11 is 0. The lowest BCUT2D eigenvalue weighted by Gasteiger charge is -2.40. The molecule has 3 rings (SSSR count). The molecule has 1 amide bonds. The van der Waals surface area contributed by atoms with Crippen LogP contribution >= 0.6 is 0 Å². The van der Waals surface area contributed by atoms with Crippen molar-refractivity contribution in [1.82, 2.24) is 9.47 Å². The monoisotopic (exact) mass is 276 g/mol. The van der Waals surface area contributed by atoms with Gasteiger partial charge in [-0.25, -0.2) is 0 Å². The molecule has 4 nitrogen and oxygen atoms in total. The van der Waals surface area contributed by atoms with Gasteiger partial charge in [0.15, 0.2) is 6.23 Å². The van der Waals surface area contributed by atoms with Crippen LogP contribution in [-0.2, 0) is 9.53 Å². The average Bonchev–Trinajstić information content (AvgIpc) is 3.02. The van der Waals surface area contributed by atoms with Crippen molar-refractivity contribution in [2.75, 3.05) is 6.61 Å². The van der Waals surface area contributed by atoms with Crippen LogP contribution in [0.1, 0.15) is 52.1 Å². The van der Waals surface area contributed by atoms with Crippen molar-refractivity contribution in [3.05, 3.63) is 24.0 Å². The standard InChI is InChI=1S/C16H24N2O2/c1-5-11(4)13-9-20-16-12-7-6-8-17(12)14(10(2)3)15(19)18(13)16/h6-8,10-11,13-14,16H,5,9H2,1-4H3/t11-,13-,14+,16?/m1/s1. The molecular formula is C16H24N2O2. The first-order valence-electron chi connectivity index (χ1n) is 7.66. The minimum Gasteiger partial charge on any atom is -0.350 e. The first-order chi connectivity index (χ1) is 9.56. The molecule has 1 fully saturated rings. The van der Waals surface area contributed by atoms with Crippen LogP contribution in [0.15, 0.2) is 18.3 Å². The van der Waals surface area contributed by atoms with Gasteiger partial charge in [0, 0.05) is 6.20 Å². The third kappa shape index (κ3) is 1.81. The van der Waals surface area contributed by atoms with Crippen molar-refractivity contribution in [1.29, 1.82) is 0 Å². The van der Waals surface area contributed by atoms with Gasteiger partial charge in [0.05, 0.1) is 18.3 Å². The van der Waals surface area contributed by atoms with E-state index in [0.717, 1.165) is 12.1 Å². The zero-order valence-electron chi connectivity index (χ0n) is 12.7. The fraction of sp³-hybridized carbons (Fsp3) is 0.688. The number of nitrogens with zero attached hydrogens (tertiary/aromatic N) is 2. The molecule has 1 unspecified atom stereocenters. The van der Waals surface area contributed by atoms with Crippen LogP contribution in [-0.4, -0.2) is 28.0 Å². The molecule has 0 aromatic carbocycles. The maximum absolute atomic E-state index is 13.0. The molecule has 1 aromatic rings. The lowest BCUT2D eigenvalue weighted by Crippen LogP contribution is -2.50. The molecule has 110 valence electrons. The van der Waals surface area contributed by atoms with E-state index in [4.69, 9.17) is 4.74 Å². The summed E-state index contributed by atoms with van der Waals surface area (Å²) in [5.41, 5.74) is 1.12. The second-order valence-corrected chi connectivity index (χ2v) is 6.41. The van der Waals surface area contributed by atoms with Crippen LogP contribution in [0.3, 0.4) is 0 Å². The second kappa shape index (κ2) is 4.92. The molecule has 3 heterocycles. The van der Waals surface area contributed by atoms with Crippen molar-refractivity contribution in [3.8, 4) is 0 Å². The van der Waals surface area contributed by atoms with Gasteiger partial charge in [-0.15, -0.1) is 0 Å². The molecule has 0 radical (unpaired) electrons. The van der Waals surface area contributed by atoms with E-state index < -0.39 is 0 Å². The van der Waals surface area contributed by atoms with Gasteiger partial charge >= 0.3 is 0 Å². The first-order valence-corrected chi connectivity index (χ1v) is 7.66. The zero-order chi connectivity index (χ0) is 14.4. The van der Waals surface area contributed by atoms with E-state index in [0.29, 0.717) is 12.5 Å². The molecule has 1 saturated heterocycles. The third-order valence-corrected chi connectivity index (χ3v) is 4.84. The van der Waals surface area contributed by atoms with Crippen LogP contribution in [0.5, 0.6) is 0 Å². The Labute approximate surface area is 120 Å². The maximum atomic E-state index is 13.0. The Balaban J connectivity index is 2.03. The summed E-state index contributed by atoms with van der Waals surface area (Å²) in [5, 5.41) is 0. The molecule has 1 aromatic heterocycles. The molecule has 2 aliphatic heterocycles. The number of rotatable bonds is 3. The molecule has 4 atom stereocenters. The minimum atomic E-state index is -0.188. The van der Waals surface area contributed by atoms with E-state index in [2.05, 4.69) is 38.3 Å². The van der Waals surface area contributed by atoms with E-state index in [1.54, 1.807) is 0 Å². The number of hydrogen-bond acceptors (Lipinski definition) is 2. The number of hydrogen-bond donors (Lipinski definition) is 0. The number of carbonyl (C=O) groups is 1. The van der Waals surface area contributed by atoms with Gasteiger partial charge in [0.25, 0.3) is 0 Å². The average molecular weight is 276 g/mol. The molecule has 2 aliphatic rings. The smallest absolute Gasteiger partial charge is 0.248 e. The Morgan fingerprint density at radius 1 is 1.40 bits per heavy atom. The summed E-state index contributed by atoms with van der Waals surface area (Å²) in [6.45, 7) is 9.27. The molecule has 0 N–H and O–H groups in total. The lowest BCUT2D eigenvalue weighted by atomic mass is 9.94. The Hall–Kier alpha value is -1.29. The van der Waals surface area contributed by atoms with Gasteiger partial charge < -0.3 is 14.2 Å². The van der Waals surface area contributed by atoms with Gasteiger partial charge in [-0.05, 0) is 24.0 Å². The number of ether oxygens (including phenoxy) is 1. The molecule has 0 aliphatic carbocycles. The summed E-state index contributed by atoms with van der Waals surface area (Å²) < 4.78 is 8.06. The highest BCUT2D eigenvalue weighted by Crippen LogP contribution is 2.42. The molecule has 4 heteroatoms. The largest absolute Gasteiger partial charge is 0.350 e. The Morgan fingerprint density at radius 2 is 2.15 bits per heavy atom. The number of aromatic nitrogens is 1. The van der Waals surface area contributed by atoms with Crippen molar-refractivity contribution >= 4 is 5.91 Å². The fourth-order valence-corrected chi connectivity index (χ4v) is 3.49. The van der Waals surface area contributed by atoms with Gasteiger partial charge in [-0.2, -0.15) is 0 Å². The van der Waals surface area contributed by atoms with Gasteiger partial charge in [-0.3, -0.25) is 4.79 Å². The van der Waals surface area contributed by atoms with Gasteiger partial charge in [0.2, 0.25) is 5.91 Å². The number of amides is 1. The van der Waals surface area contributed by atoms with Crippen LogP contribution in [0.2, 0.25) is 0 Å². The molecule has 0 bridgehead atoms. The zero-order valence-corrected chi connectivity index (χ0v) is 12.7. The van der Waals surface area contributed by atoms with Crippen molar-refractivity contribution in [2.45, 2.75) is 52.4 Å². The van der Waals surface area contributed by atoms with Crippen molar-refractivity contribution in [2.24, 2.45) is 11.8 Å². The lowest BCUT2D eigenvalue weighted by molar-refractivity contribution is -0.148. The van der Waals surface area contributed by atoms with E-state index in [9.17, 15) is 4.79 Å². The highest BCUT2D eigenvalue weighted by molar-refractivity contribution is 5.83. The SMILES string of the molecule is CC[C@@H](C)[C@H]1COC2c3cccn3[C@@H](C(C)C)C(=O)N21. The number of fused-ring (bicyclic) bond motifs is 3. The predicted molar refractivity (Wildman–Crippen MR) is 77.1 cm³/mol. The number of carbonyl (C=O) groups excluding carboxylic acids is 1. The topological polar surface area (TPSA) is 34.5 Å². The summed E-state index contributed by atoms with van der Waals surface area (Å²) in [4.78, 5) is 15.0. The third-order valence-electron chi connectivity index (χ3n) is 4.84. The summed E-state index contributed by atoms with van der Waals surface area (Å²) in [5.74, 6) is 0.975. The van der Waals surface area contributed by atoms with Crippen molar-refractivity contribution < 1.29 is 9.53 Å². The maximum Gasteiger partial charge on any atom is 0.248 e. The summed E-state index contributed by atoms with van der Waals surface area (Å²) in [6.07, 6.45) is 2.89. The second-order valence-electron chi connectivity index (χ2n) is 6.41. The summed E-state index contributed by atoms with van der Waals surface area (Å²) in [6, 6.07) is 4.21. The van der Waals surface area contributed by atoms with Crippen LogP contribution < -0.4 is 0 Å². The Morgan fingerprint density at radius 3 is 2.80 bits per heavy atom. The van der Waals surface area contributed by atoms with E-state index >= 15 is 0 Å². The normalized spacial score (nSPS) is 30.6. The molecular weight excluding hydrogens is 252 g/mol. The minimum absolute atomic E-state index is 0.0930. The fourth-order valence-electron chi connectivity index (χ4n) is 3.49. The van der Waals surface area contributed by atoms with Crippen molar-refractivity contribution in [3.63, 3.8) is 0 Å².